The van der Waals surface area contributed by atoms with Crippen LogP contribution in [0.4, 0.5) is 0 Å². The Morgan fingerprint density at radius 2 is 2.18 bits per heavy atom. The summed E-state index contributed by atoms with van der Waals surface area (Å²) in [4.78, 5) is 27.2. The molecule has 1 saturated heterocycles. The van der Waals surface area contributed by atoms with Gasteiger partial charge in [-0.3, -0.25) is 14.5 Å². The quantitative estimate of drug-likeness (QED) is 0.375. The molecule has 0 atom stereocenters. The highest BCUT2D eigenvalue weighted by Gasteiger charge is 2.32. The Bertz CT molecular complexity index is 234. The van der Waals surface area contributed by atoms with Crippen LogP contribution in [-0.4, -0.2) is 36.6 Å². The van der Waals surface area contributed by atoms with E-state index in [0.717, 1.165) is 4.90 Å². The molecule has 0 aromatic heterocycles. The van der Waals surface area contributed by atoms with E-state index in [1.165, 1.54) is 14.2 Å². The predicted octanol–water partition coefficient (Wildman–Crippen LogP) is -0.623. The predicted molar refractivity (Wildman–Crippen MR) is 36.8 cm³/mol. The minimum Gasteiger partial charge on any atom is -0.399 e. The second-order valence-electron chi connectivity index (χ2n) is 2.16. The van der Waals surface area contributed by atoms with Crippen LogP contribution in [0.3, 0.4) is 0 Å². The molecule has 0 aromatic carbocycles. The number of oxime groups is 1. The van der Waals surface area contributed by atoms with Gasteiger partial charge in [0.25, 0.3) is 5.91 Å². The van der Waals surface area contributed by atoms with E-state index in [2.05, 4.69) is 9.99 Å². The van der Waals surface area contributed by atoms with Crippen LogP contribution in [0.15, 0.2) is 5.16 Å². The van der Waals surface area contributed by atoms with E-state index in [0.29, 0.717) is 0 Å². The summed E-state index contributed by atoms with van der Waals surface area (Å²) in [6.45, 7) is 0. The molecular weight excluding hydrogens is 148 g/mol. The lowest BCUT2D eigenvalue weighted by molar-refractivity contribution is -0.135. The second kappa shape index (κ2) is 2.69. The van der Waals surface area contributed by atoms with E-state index in [9.17, 15) is 9.59 Å². The highest BCUT2D eigenvalue weighted by atomic mass is 16.6. The average molecular weight is 156 g/mol. The van der Waals surface area contributed by atoms with Gasteiger partial charge in [-0.15, -0.1) is 0 Å². The van der Waals surface area contributed by atoms with Crippen LogP contribution >= 0.6 is 0 Å². The fourth-order valence-electron chi connectivity index (χ4n) is 0.826. The number of nitrogens with zero attached hydrogens (tertiary/aromatic N) is 2. The summed E-state index contributed by atoms with van der Waals surface area (Å²) in [5.41, 5.74) is 0.167. The maximum Gasteiger partial charge on any atom is 0.278 e. The Hall–Kier alpha value is -1.39. The molecule has 0 aromatic rings. The number of likely N-dealkylation sites (tertiary alicyclic amines) is 1. The number of rotatable bonds is 1. The molecule has 1 aliphatic heterocycles. The molecule has 0 N–H and O–H groups in total. The highest BCUT2D eigenvalue weighted by molar-refractivity contribution is 6.48. The lowest BCUT2D eigenvalue weighted by atomic mass is 10.3. The van der Waals surface area contributed by atoms with Crippen LogP contribution in [0, 0.1) is 0 Å². The van der Waals surface area contributed by atoms with Gasteiger partial charge in [0, 0.05) is 7.05 Å². The summed E-state index contributed by atoms with van der Waals surface area (Å²) in [6.07, 6.45) is 0.0448. The Morgan fingerprint density at radius 3 is 2.55 bits per heavy atom. The molecule has 5 nitrogen and oxygen atoms in total. The van der Waals surface area contributed by atoms with Gasteiger partial charge in [0.15, 0.2) is 5.71 Å². The first-order valence-corrected chi connectivity index (χ1v) is 3.07. The molecule has 0 unspecified atom stereocenters. The van der Waals surface area contributed by atoms with E-state index in [4.69, 9.17) is 0 Å². The molecule has 2 amide bonds. The SMILES string of the molecule is CO/N=C1\CC(=O)N(C)C1=O. The Balaban J connectivity index is 2.83. The molecule has 11 heavy (non-hydrogen) atoms. The van der Waals surface area contributed by atoms with E-state index in [-0.39, 0.29) is 23.9 Å². The molecule has 0 saturated carbocycles. The van der Waals surface area contributed by atoms with Gasteiger partial charge in [-0.1, -0.05) is 5.16 Å². The summed E-state index contributed by atoms with van der Waals surface area (Å²) in [7, 11) is 2.76. The standard InChI is InChI=1S/C6H8N2O3/c1-8-5(9)3-4(6(8)10)7-11-2/h3H2,1-2H3/b7-4+. The van der Waals surface area contributed by atoms with Crippen molar-refractivity contribution in [3.05, 3.63) is 0 Å². The monoisotopic (exact) mass is 156 g/mol. The fraction of sp³-hybridized carbons (Fsp3) is 0.500. The molecular formula is C6H8N2O3. The zero-order valence-electron chi connectivity index (χ0n) is 6.33. The maximum atomic E-state index is 11.0. The summed E-state index contributed by atoms with van der Waals surface area (Å²) in [6, 6.07) is 0. The normalized spacial score (nSPS) is 21.6. The third-order valence-electron chi connectivity index (χ3n) is 1.45. The minimum absolute atomic E-state index is 0.0448. The highest BCUT2D eigenvalue weighted by Crippen LogP contribution is 2.06. The summed E-state index contributed by atoms with van der Waals surface area (Å²) < 4.78 is 0. The number of carbonyl (C=O) groups is 2. The van der Waals surface area contributed by atoms with Crippen molar-refractivity contribution in [3.63, 3.8) is 0 Å². The number of imide groups is 1. The largest absolute Gasteiger partial charge is 0.399 e. The third kappa shape index (κ3) is 1.21. The van der Waals surface area contributed by atoms with Gasteiger partial charge in [0.05, 0.1) is 6.42 Å². The number of amides is 2. The van der Waals surface area contributed by atoms with Gasteiger partial charge in [-0.25, -0.2) is 0 Å². The third-order valence-corrected chi connectivity index (χ3v) is 1.45. The van der Waals surface area contributed by atoms with Crippen molar-refractivity contribution in [2.45, 2.75) is 6.42 Å². The van der Waals surface area contributed by atoms with E-state index in [1.54, 1.807) is 0 Å². The Labute approximate surface area is 63.6 Å². The van der Waals surface area contributed by atoms with Crippen LogP contribution in [0.1, 0.15) is 6.42 Å². The van der Waals surface area contributed by atoms with Crippen molar-refractivity contribution in [1.29, 1.82) is 0 Å². The second-order valence-corrected chi connectivity index (χ2v) is 2.16. The number of hydrogen-bond donors (Lipinski definition) is 0. The summed E-state index contributed by atoms with van der Waals surface area (Å²) in [5.74, 6) is -0.623. The number of carbonyl (C=O) groups excluding carboxylic acids is 2. The van der Waals surface area contributed by atoms with Gasteiger partial charge < -0.3 is 4.84 Å². The topological polar surface area (TPSA) is 59.0 Å². The van der Waals surface area contributed by atoms with Crippen LogP contribution < -0.4 is 0 Å². The van der Waals surface area contributed by atoms with Crippen molar-refractivity contribution in [3.8, 4) is 0 Å². The summed E-state index contributed by atoms with van der Waals surface area (Å²) in [5, 5.41) is 3.41. The van der Waals surface area contributed by atoms with Gasteiger partial charge >= 0.3 is 0 Å². The van der Waals surface area contributed by atoms with Crippen molar-refractivity contribution < 1.29 is 14.4 Å². The molecule has 0 radical (unpaired) electrons. The van der Waals surface area contributed by atoms with Gasteiger partial charge in [-0.05, 0) is 0 Å². The van der Waals surface area contributed by atoms with E-state index < -0.39 is 0 Å². The zero-order valence-corrected chi connectivity index (χ0v) is 6.33. The molecule has 1 fully saturated rings. The molecule has 0 aliphatic carbocycles. The van der Waals surface area contributed by atoms with Crippen molar-refractivity contribution in [2.75, 3.05) is 14.2 Å². The zero-order chi connectivity index (χ0) is 8.43. The Morgan fingerprint density at radius 1 is 1.55 bits per heavy atom. The molecule has 1 rings (SSSR count). The molecule has 5 heteroatoms. The molecule has 1 heterocycles. The van der Waals surface area contributed by atoms with Crippen LogP contribution in [0.2, 0.25) is 0 Å². The first-order chi connectivity index (χ1) is 5.16. The molecule has 1 aliphatic rings. The van der Waals surface area contributed by atoms with Gasteiger partial charge in [0.2, 0.25) is 5.91 Å². The number of hydrogen-bond acceptors (Lipinski definition) is 4. The first-order valence-electron chi connectivity index (χ1n) is 3.07. The lowest BCUT2D eigenvalue weighted by Gasteiger charge is -2.01. The molecule has 0 bridgehead atoms. The molecule has 60 valence electrons. The minimum atomic E-state index is -0.378. The fourth-order valence-corrected chi connectivity index (χ4v) is 0.826. The smallest absolute Gasteiger partial charge is 0.278 e. The lowest BCUT2D eigenvalue weighted by Crippen LogP contribution is -2.25. The van der Waals surface area contributed by atoms with Crippen molar-refractivity contribution in [2.24, 2.45) is 5.16 Å². The van der Waals surface area contributed by atoms with Gasteiger partial charge in [-0.2, -0.15) is 0 Å². The Kier molecular flexibility index (Phi) is 1.89. The average Bonchev–Trinajstić information content (AvgIpc) is 2.19. The van der Waals surface area contributed by atoms with Crippen LogP contribution in [0.25, 0.3) is 0 Å². The van der Waals surface area contributed by atoms with Crippen LogP contribution in [-0.2, 0) is 14.4 Å². The van der Waals surface area contributed by atoms with Crippen molar-refractivity contribution in [1.82, 2.24) is 4.90 Å². The van der Waals surface area contributed by atoms with Crippen LogP contribution in [0.5, 0.6) is 0 Å². The molecule has 0 spiro atoms. The van der Waals surface area contributed by atoms with E-state index >= 15 is 0 Å². The van der Waals surface area contributed by atoms with E-state index in [1.807, 2.05) is 0 Å². The maximum absolute atomic E-state index is 11.0. The van der Waals surface area contributed by atoms with Crippen molar-refractivity contribution >= 4 is 17.5 Å². The van der Waals surface area contributed by atoms with Gasteiger partial charge in [0.1, 0.15) is 7.11 Å². The summed E-state index contributed by atoms with van der Waals surface area (Å²) >= 11 is 0. The first kappa shape index (κ1) is 7.71.